The van der Waals surface area contributed by atoms with Crippen molar-refractivity contribution in [1.29, 1.82) is 0 Å². The number of thioether (sulfide) groups is 1. The maximum Gasteiger partial charge on any atom is 0.285 e. The second kappa shape index (κ2) is 8.80. The Labute approximate surface area is 185 Å². The lowest BCUT2D eigenvalue weighted by molar-refractivity contribution is -0.119. The third-order valence-electron chi connectivity index (χ3n) is 5.04. The summed E-state index contributed by atoms with van der Waals surface area (Å²) in [6.07, 6.45) is 0. The average molecular weight is 463 g/mol. The predicted octanol–water partition coefficient (Wildman–Crippen LogP) is 2.38. The van der Waals surface area contributed by atoms with Gasteiger partial charge < -0.3 is 19.1 Å². The molecule has 2 atom stereocenters. The fraction of sp³-hybridized carbons (Fsp3) is 0.333. The zero-order chi connectivity index (χ0) is 22.0. The number of carbonyl (C=O) groups excluding carboxylic acids is 1. The molecule has 2 aliphatic rings. The number of amides is 1. The van der Waals surface area contributed by atoms with Crippen LogP contribution in [0.5, 0.6) is 17.2 Å². The normalized spacial score (nSPS) is 22.9. The number of amidine groups is 1. The quantitative estimate of drug-likeness (QED) is 0.646. The molecular formula is C21H22N2O6S2. The number of fused-ring (bicyclic) bond motifs is 1. The van der Waals surface area contributed by atoms with Gasteiger partial charge in [-0.05, 0) is 24.3 Å². The van der Waals surface area contributed by atoms with Crippen LogP contribution in [0.15, 0.2) is 53.5 Å². The van der Waals surface area contributed by atoms with Crippen LogP contribution in [0.3, 0.4) is 0 Å². The van der Waals surface area contributed by atoms with Gasteiger partial charge in [-0.1, -0.05) is 30.0 Å². The Kier molecular flexibility index (Phi) is 6.10. The van der Waals surface area contributed by atoms with E-state index >= 15 is 0 Å². The molecule has 1 amide bonds. The highest BCUT2D eigenvalue weighted by Crippen LogP contribution is 2.44. The number of hydrogen-bond donors (Lipinski definition) is 0. The van der Waals surface area contributed by atoms with Crippen molar-refractivity contribution in [2.75, 3.05) is 37.2 Å². The fourth-order valence-electron chi connectivity index (χ4n) is 3.63. The minimum atomic E-state index is -3.17. The van der Waals surface area contributed by atoms with E-state index in [-0.39, 0.29) is 29.4 Å². The molecule has 31 heavy (non-hydrogen) atoms. The van der Waals surface area contributed by atoms with E-state index in [1.807, 2.05) is 18.2 Å². The minimum Gasteiger partial charge on any atom is -0.497 e. The molecule has 2 aromatic rings. The van der Waals surface area contributed by atoms with Crippen LogP contribution in [0.4, 0.5) is 5.69 Å². The van der Waals surface area contributed by atoms with Gasteiger partial charge in [0.25, 0.3) is 5.91 Å². The Morgan fingerprint density at radius 2 is 1.87 bits per heavy atom. The lowest BCUT2D eigenvalue weighted by Gasteiger charge is -2.26. The molecule has 2 fully saturated rings. The summed E-state index contributed by atoms with van der Waals surface area (Å²) in [5.41, 5.74) is 0.635. The highest BCUT2D eigenvalue weighted by Gasteiger charge is 2.50. The van der Waals surface area contributed by atoms with Crippen LogP contribution in [0.25, 0.3) is 0 Å². The van der Waals surface area contributed by atoms with E-state index in [0.717, 1.165) is 0 Å². The molecule has 0 aliphatic carbocycles. The van der Waals surface area contributed by atoms with Gasteiger partial charge in [0.15, 0.2) is 21.6 Å². The summed E-state index contributed by atoms with van der Waals surface area (Å²) in [5, 5.41) is 0.230. The number of anilines is 1. The Morgan fingerprint density at radius 1 is 1.10 bits per heavy atom. The Morgan fingerprint density at radius 3 is 2.58 bits per heavy atom. The van der Waals surface area contributed by atoms with Gasteiger partial charge in [-0.25, -0.2) is 8.42 Å². The topological polar surface area (TPSA) is 94.5 Å². The molecule has 0 bridgehead atoms. The van der Waals surface area contributed by atoms with Crippen LogP contribution in [0, 0.1) is 0 Å². The molecule has 2 heterocycles. The number of nitrogens with zero attached hydrogens (tertiary/aromatic N) is 2. The van der Waals surface area contributed by atoms with Gasteiger partial charge in [-0.15, -0.1) is 0 Å². The Bertz CT molecular complexity index is 1100. The fourth-order valence-corrected chi connectivity index (χ4v) is 7.56. The summed E-state index contributed by atoms with van der Waals surface area (Å²) in [4.78, 5) is 18.6. The maximum absolute atomic E-state index is 12.5. The van der Waals surface area contributed by atoms with Gasteiger partial charge >= 0.3 is 0 Å². The van der Waals surface area contributed by atoms with Crippen molar-refractivity contribution in [3.05, 3.63) is 48.5 Å². The van der Waals surface area contributed by atoms with E-state index in [1.165, 1.54) is 18.9 Å². The van der Waals surface area contributed by atoms with Crippen LogP contribution in [0.2, 0.25) is 0 Å². The zero-order valence-corrected chi connectivity index (χ0v) is 18.7. The van der Waals surface area contributed by atoms with Gasteiger partial charge in [0.05, 0.1) is 37.5 Å². The summed E-state index contributed by atoms with van der Waals surface area (Å²) in [7, 11) is -0.0882. The number of carbonyl (C=O) groups is 1. The molecule has 164 valence electrons. The van der Waals surface area contributed by atoms with E-state index in [4.69, 9.17) is 14.2 Å². The number of methoxy groups -OCH3 is 2. The van der Waals surface area contributed by atoms with Crippen molar-refractivity contribution < 1.29 is 27.4 Å². The largest absolute Gasteiger partial charge is 0.497 e. The smallest absolute Gasteiger partial charge is 0.285 e. The van der Waals surface area contributed by atoms with Crippen molar-refractivity contribution in [3.63, 3.8) is 0 Å². The standard InChI is InChI=1S/C21H22N2O6S2/c1-27-15-8-9-16(18(10-15)28-2)23-17-12-31(25,26)13-19(17)30-21(23)22-20(24)11-29-14-6-4-3-5-7-14/h3-10,17,19H,11-13H2,1-2H3/t17-,19-/m1/s1. The number of ether oxygens (including phenoxy) is 3. The Balaban J connectivity index is 1.63. The first kappa shape index (κ1) is 21.5. The van der Waals surface area contributed by atoms with E-state index < -0.39 is 15.7 Å². The highest BCUT2D eigenvalue weighted by atomic mass is 32.2. The van der Waals surface area contributed by atoms with Crippen molar-refractivity contribution in [2.24, 2.45) is 4.99 Å². The summed E-state index contributed by atoms with van der Waals surface area (Å²) in [5.74, 6) is 1.27. The molecule has 0 saturated carbocycles. The summed E-state index contributed by atoms with van der Waals surface area (Å²) < 4.78 is 40.8. The second-order valence-corrected chi connectivity index (χ2v) is 10.5. The third kappa shape index (κ3) is 4.64. The number of aliphatic imine (C=N–C) groups is 1. The molecule has 10 heteroatoms. The van der Waals surface area contributed by atoms with Gasteiger partial charge in [-0.3, -0.25) is 4.79 Å². The first-order valence-electron chi connectivity index (χ1n) is 9.58. The van der Waals surface area contributed by atoms with Gasteiger partial charge in [0.2, 0.25) is 0 Å². The van der Waals surface area contributed by atoms with Crippen molar-refractivity contribution in [1.82, 2.24) is 0 Å². The van der Waals surface area contributed by atoms with Crippen LogP contribution < -0.4 is 19.1 Å². The third-order valence-corrected chi connectivity index (χ3v) is 8.25. The minimum absolute atomic E-state index is 0.00637. The molecule has 0 radical (unpaired) electrons. The first-order chi connectivity index (χ1) is 14.9. The summed E-state index contributed by atoms with van der Waals surface area (Å²) in [6, 6.07) is 13.9. The van der Waals surface area contributed by atoms with E-state index in [2.05, 4.69) is 4.99 Å². The Hall–Kier alpha value is -2.72. The van der Waals surface area contributed by atoms with E-state index in [9.17, 15) is 13.2 Å². The van der Waals surface area contributed by atoms with Crippen LogP contribution >= 0.6 is 11.8 Å². The lowest BCUT2D eigenvalue weighted by atomic mass is 10.2. The predicted molar refractivity (Wildman–Crippen MR) is 120 cm³/mol. The van der Waals surface area contributed by atoms with Crippen molar-refractivity contribution >= 4 is 38.4 Å². The second-order valence-electron chi connectivity index (χ2n) is 7.10. The van der Waals surface area contributed by atoms with Gasteiger partial charge in [0, 0.05) is 11.3 Å². The van der Waals surface area contributed by atoms with Gasteiger partial charge in [0.1, 0.15) is 17.2 Å². The van der Waals surface area contributed by atoms with Crippen LogP contribution in [0.1, 0.15) is 0 Å². The van der Waals surface area contributed by atoms with Crippen LogP contribution in [-0.2, 0) is 14.6 Å². The molecule has 4 rings (SSSR count). The SMILES string of the molecule is COc1ccc(N2C(=NC(=O)COc3ccccc3)S[C@@H]3CS(=O)(=O)C[C@H]32)c(OC)c1. The summed E-state index contributed by atoms with van der Waals surface area (Å²) in [6.45, 7) is -0.213. The number of rotatable bonds is 6. The molecule has 8 nitrogen and oxygen atoms in total. The monoisotopic (exact) mass is 462 g/mol. The van der Waals surface area contributed by atoms with E-state index in [1.54, 1.807) is 42.3 Å². The highest BCUT2D eigenvalue weighted by molar-refractivity contribution is 8.16. The molecule has 2 aliphatic heterocycles. The number of benzene rings is 2. The molecule has 2 saturated heterocycles. The van der Waals surface area contributed by atoms with Gasteiger partial charge in [-0.2, -0.15) is 4.99 Å². The molecule has 0 unspecified atom stereocenters. The molecule has 0 aromatic heterocycles. The maximum atomic E-state index is 12.5. The van der Waals surface area contributed by atoms with E-state index in [0.29, 0.717) is 28.1 Å². The first-order valence-corrected chi connectivity index (χ1v) is 12.3. The molecule has 2 aromatic carbocycles. The number of sulfone groups is 1. The van der Waals surface area contributed by atoms with Crippen LogP contribution in [-0.4, -0.2) is 63.1 Å². The van der Waals surface area contributed by atoms with Crippen molar-refractivity contribution in [3.8, 4) is 17.2 Å². The number of para-hydroxylation sites is 1. The lowest BCUT2D eigenvalue weighted by Crippen LogP contribution is -2.38. The molecular weight excluding hydrogens is 440 g/mol. The molecule has 0 spiro atoms. The number of hydrogen-bond acceptors (Lipinski definition) is 7. The summed E-state index contributed by atoms with van der Waals surface area (Å²) >= 11 is 1.30. The van der Waals surface area contributed by atoms with Crippen molar-refractivity contribution in [2.45, 2.75) is 11.3 Å². The average Bonchev–Trinajstić information content (AvgIpc) is 3.23. The molecule has 0 N–H and O–H groups in total. The zero-order valence-electron chi connectivity index (χ0n) is 17.1.